The highest BCUT2D eigenvalue weighted by Crippen LogP contribution is 2.25. The highest BCUT2D eigenvalue weighted by molar-refractivity contribution is 5.94. The maximum Gasteiger partial charge on any atom is 0.270 e. The minimum absolute atomic E-state index is 0.108. The van der Waals surface area contributed by atoms with E-state index in [1.54, 1.807) is 19.2 Å². The Morgan fingerprint density at radius 1 is 1.16 bits per heavy atom. The summed E-state index contributed by atoms with van der Waals surface area (Å²) in [7, 11) is 1.55. The van der Waals surface area contributed by atoms with Gasteiger partial charge in [-0.25, -0.2) is 0 Å². The Morgan fingerprint density at radius 2 is 1.92 bits per heavy atom. The molecular weight excluding hydrogens is 324 g/mol. The number of ether oxygens (including phenoxy) is 2. The standard InChI is InChI=1S/C18H16N2O5/c1-24-16-9-2-3-10-17(16)25-12-5-4-11-19-18(21)14-7-6-8-15(13-14)20(22)23/h2-3,6-10,13H,11-12H2,1H3,(H,19,21). The van der Waals surface area contributed by atoms with Crippen LogP contribution in [0.25, 0.3) is 0 Å². The van der Waals surface area contributed by atoms with Crippen molar-refractivity contribution in [1.82, 2.24) is 5.32 Å². The van der Waals surface area contributed by atoms with Gasteiger partial charge in [0.2, 0.25) is 0 Å². The summed E-state index contributed by atoms with van der Waals surface area (Å²) in [5.41, 5.74) is 0.0743. The highest BCUT2D eigenvalue weighted by atomic mass is 16.6. The molecule has 0 spiro atoms. The van der Waals surface area contributed by atoms with Crippen molar-refractivity contribution >= 4 is 11.6 Å². The Kier molecular flexibility index (Phi) is 6.37. The zero-order chi connectivity index (χ0) is 18.1. The summed E-state index contributed by atoms with van der Waals surface area (Å²) in [6.07, 6.45) is 0. The van der Waals surface area contributed by atoms with Crippen molar-refractivity contribution in [3.8, 4) is 23.3 Å². The fraction of sp³-hybridized carbons (Fsp3) is 0.167. The summed E-state index contributed by atoms with van der Waals surface area (Å²) in [5.74, 6) is 6.29. The van der Waals surface area contributed by atoms with Crippen molar-refractivity contribution in [3.63, 3.8) is 0 Å². The van der Waals surface area contributed by atoms with Gasteiger partial charge < -0.3 is 14.8 Å². The van der Waals surface area contributed by atoms with Crippen LogP contribution in [0.3, 0.4) is 0 Å². The van der Waals surface area contributed by atoms with Gasteiger partial charge in [-0.3, -0.25) is 14.9 Å². The number of para-hydroxylation sites is 2. The average Bonchev–Trinajstić information content (AvgIpc) is 2.64. The molecule has 1 amide bonds. The summed E-state index contributed by atoms with van der Waals surface area (Å²) in [4.78, 5) is 22.1. The number of benzene rings is 2. The van der Waals surface area contributed by atoms with E-state index in [0.717, 1.165) is 0 Å². The lowest BCUT2D eigenvalue weighted by Crippen LogP contribution is -2.23. The van der Waals surface area contributed by atoms with Crippen LogP contribution >= 0.6 is 0 Å². The van der Waals surface area contributed by atoms with E-state index < -0.39 is 10.8 Å². The van der Waals surface area contributed by atoms with Gasteiger partial charge in [0.1, 0.15) is 6.61 Å². The highest BCUT2D eigenvalue weighted by Gasteiger charge is 2.10. The van der Waals surface area contributed by atoms with E-state index in [2.05, 4.69) is 17.2 Å². The van der Waals surface area contributed by atoms with Crippen molar-refractivity contribution in [3.05, 3.63) is 64.2 Å². The molecule has 7 heteroatoms. The predicted octanol–water partition coefficient (Wildman–Crippen LogP) is 2.42. The first-order valence-corrected chi connectivity index (χ1v) is 7.36. The smallest absolute Gasteiger partial charge is 0.270 e. The van der Waals surface area contributed by atoms with Gasteiger partial charge >= 0.3 is 0 Å². The molecule has 0 aliphatic heterocycles. The van der Waals surface area contributed by atoms with E-state index in [1.165, 1.54) is 24.3 Å². The molecular formula is C18H16N2O5. The maximum atomic E-state index is 11.9. The van der Waals surface area contributed by atoms with E-state index in [1.807, 2.05) is 12.1 Å². The van der Waals surface area contributed by atoms with Gasteiger partial charge in [0.15, 0.2) is 11.5 Å². The van der Waals surface area contributed by atoms with Crippen LogP contribution in [-0.2, 0) is 0 Å². The fourth-order valence-corrected chi connectivity index (χ4v) is 1.95. The molecule has 0 saturated heterocycles. The van der Waals surface area contributed by atoms with Crippen molar-refractivity contribution in [2.75, 3.05) is 20.3 Å². The Hall–Kier alpha value is -3.53. The SMILES string of the molecule is COc1ccccc1OCC#CCNC(=O)c1cccc([N+](=O)[O-])c1. The Balaban J connectivity index is 1.81. The number of methoxy groups -OCH3 is 1. The van der Waals surface area contributed by atoms with Crippen LogP contribution in [0.2, 0.25) is 0 Å². The van der Waals surface area contributed by atoms with Gasteiger partial charge in [-0.15, -0.1) is 0 Å². The second kappa shape index (κ2) is 8.93. The lowest BCUT2D eigenvalue weighted by molar-refractivity contribution is -0.384. The average molecular weight is 340 g/mol. The molecule has 2 aromatic carbocycles. The van der Waals surface area contributed by atoms with Gasteiger partial charge in [-0.1, -0.05) is 30.0 Å². The molecule has 0 heterocycles. The third kappa shape index (κ3) is 5.25. The predicted molar refractivity (Wildman–Crippen MR) is 91.7 cm³/mol. The number of hydrogen-bond acceptors (Lipinski definition) is 5. The van der Waals surface area contributed by atoms with E-state index >= 15 is 0 Å². The first-order chi connectivity index (χ1) is 12.1. The molecule has 0 atom stereocenters. The Bertz CT molecular complexity index is 823. The summed E-state index contributed by atoms with van der Waals surface area (Å²) in [6.45, 7) is 0.254. The van der Waals surface area contributed by atoms with E-state index in [0.29, 0.717) is 11.5 Å². The molecule has 0 bridgehead atoms. The Morgan fingerprint density at radius 3 is 2.64 bits per heavy atom. The molecule has 0 radical (unpaired) electrons. The number of nitrogens with zero attached hydrogens (tertiary/aromatic N) is 1. The van der Waals surface area contributed by atoms with Crippen LogP contribution in [0, 0.1) is 22.0 Å². The summed E-state index contributed by atoms with van der Waals surface area (Å²) in [5, 5.41) is 13.3. The van der Waals surface area contributed by atoms with Crippen molar-refractivity contribution < 1.29 is 19.2 Å². The number of non-ortho nitro benzene ring substituents is 1. The number of carbonyl (C=O) groups excluding carboxylic acids is 1. The number of nitro groups is 1. The fourth-order valence-electron chi connectivity index (χ4n) is 1.95. The molecule has 128 valence electrons. The molecule has 0 aromatic heterocycles. The van der Waals surface area contributed by atoms with Crippen LogP contribution < -0.4 is 14.8 Å². The van der Waals surface area contributed by atoms with Gasteiger partial charge in [-0.2, -0.15) is 0 Å². The normalized spacial score (nSPS) is 9.48. The first-order valence-electron chi connectivity index (χ1n) is 7.36. The van der Waals surface area contributed by atoms with Crippen LogP contribution in [0.4, 0.5) is 5.69 Å². The topological polar surface area (TPSA) is 90.7 Å². The number of rotatable bonds is 6. The first kappa shape index (κ1) is 17.8. The molecule has 0 aliphatic rings. The van der Waals surface area contributed by atoms with Crippen LogP contribution in [0.5, 0.6) is 11.5 Å². The second-order valence-corrected chi connectivity index (χ2v) is 4.78. The molecule has 0 fully saturated rings. The minimum Gasteiger partial charge on any atom is -0.493 e. The maximum absolute atomic E-state index is 11.9. The van der Waals surface area contributed by atoms with Crippen molar-refractivity contribution in [2.24, 2.45) is 0 Å². The zero-order valence-corrected chi connectivity index (χ0v) is 13.5. The van der Waals surface area contributed by atoms with E-state index in [9.17, 15) is 14.9 Å². The van der Waals surface area contributed by atoms with Gasteiger partial charge in [0, 0.05) is 17.7 Å². The number of nitro benzene ring substituents is 1. The monoisotopic (exact) mass is 340 g/mol. The van der Waals surface area contributed by atoms with Crippen LogP contribution in [0.15, 0.2) is 48.5 Å². The molecule has 1 N–H and O–H groups in total. The second-order valence-electron chi connectivity index (χ2n) is 4.78. The molecule has 0 saturated carbocycles. The van der Waals surface area contributed by atoms with Crippen LogP contribution in [-0.4, -0.2) is 31.1 Å². The Labute approximate surface area is 144 Å². The molecule has 0 unspecified atom stereocenters. The van der Waals surface area contributed by atoms with E-state index in [4.69, 9.17) is 9.47 Å². The zero-order valence-electron chi connectivity index (χ0n) is 13.5. The van der Waals surface area contributed by atoms with Crippen molar-refractivity contribution in [2.45, 2.75) is 0 Å². The third-order valence-corrected chi connectivity index (χ3v) is 3.15. The summed E-state index contributed by atoms with van der Waals surface area (Å²) >= 11 is 0. The van der Waals surface area contributed by atoms with Crippen molar-refractivity contribution in [1.29, 1.82) is 0 Å². The summed E-state index contributed by atoms with van der Waals surface area (Å²) < 4.78 is 10.6. The quantitative estimate of drug-likeness (QED) is 0.495. The number of amides is 1. The lowest BCUT2D eigenvalue weighted by Gasteiger charge is -2.07. The molecule has 7 nitrogen and oxygen atoms in total. The van der Waals surface area contributed by atoms with Gasteiger partial charge in [0.25, 0.3) is 11.6 Å². The molecule has 25 heavy (non-hydrogen) atoms. The number of carbonyl (C=O) groups is 1. The largest absolute Gasteiger partial charge is 0.493 e. The van der Waals surface area contributed by atoms with E-state index in [-0.39, 0.29) is 24.4 Å². The molecule has 2 aromatic rings. The summed E-state index contributed by atoms with van der Waals surface area (Å²) in [6, 6.07) is 12.7. The minimum atomic E-state index is -0.550. The number of hydrogen-bond donors (Lipinski definition) is 1. The third-order valence-electron chi connectivity index (χ3n) is 3.15. The molecule has 0 aliphatic carbocycles. The van der Waals surface area contributed by atoms with Gasteiger partial charge in [-0.05, 0) is 18.2 Å². The van der Waals surface area contributed by atoms with Crippen LogP contribution in [0.1, 0.15) is 10.4 Å². The lowest BCUT2D eigenvalue weighted by atomic mass is 10.2. The number of nitrogens with one attached hydrogen (secondary N) is 1. The van der Waals surface area contributed by atoms with Gasteiger partial charge in [0.05, 0.1) is 18.6 Å². The molecule has 2 rings (SSSR count).